The number of methoxy groups -OCH3 is 1. The number of hydrogen-bond acceptors (Lipinski definition) is 8. The van der Waals surface area contributed by atoms with E-state index in [2.05, 4.69) is 4.98 Å². The number of piperidine rings is 1. The summed E-state index contributed by atoms with van der Waals surface area (Å²) in [4.78, 5) is 4.75. The van der Waals surface area contributed by atoms with Gasteiger partial charge in [0.15, 0.2) is 11.5 Å². The van der Waals surface area contributed by atoms with Crippen LogP contribution in [0.2, 0.25) is 0 Å². The second-order valence-corrected chi connectivity index (χ2v) is 10.3. The van der Waals surface area contributed by atoms with Gasteiger partial charge in [0.2, 0.25) is 10.0 Å². The maximum Gasteiger partial charge on any atom is 0.274 e. The zero-order valence-electron chi connectivity index (χ0n) is 16.9. The van der Waals surface area contributed by atoms with Gasteiger partial charge in [0.25, 0.3) is 5.19 Å². The summed E-state index contributed by atoms with van der Waals surface area (Å²) in [5, 5.41) is 0.594. The van der Waals surface area contributed by atoms with Gasteiger partial charge in [0.1, 0.15) is 25.1 Å². The molecule has 2 aromatic carbocycles. The number of thiazole rings is 1. The van der Waals surface area contributed by atoms with E-state index < -0.39 is 10.0 Å². The van der Waals surface area contributed by atoms with Crippen molar-refractivity contribution in [3.05, 3.63) is 36.4 Å². The molecule has 0 atom stereocenters. The number of aromatic nitrogens is 1. The Morgan fingerprint density at radius 3 is 2.61 bits per heavy atom. The molecule has 3 aromatic rings. The standard InChI is InChI=1S/C21H22N2O6S2/c1-26-15-2-5-20-17(12-15)22-21(30-20)29-14-6-8-23(9-7-14)31(24,25)16-3-4-18-19(13-16)28-11-10-27-18/h2-5,12-14H,6-11H2,1H3. The minimum Gasteiger partial charge on any atom is -0.497 e. The van der Waals surface area contributed by atoms with Gasteiger partial charge in [-0.05, 0) is 37.1 Å². The van der Waals surface area contributed by atoms with Crippen LogP contribution < -0.4 is 18.9 Å². The van der Waals surface area contributed by atoms with Gasteiger partial charge < -0.3 is 18.9 Å². The topological polar surface area (TPSA) is 87.2 Å². The predicted molar refractivity (Wildman–Crippen MR) is 116 cm³/mol. The van der Waals surface area contributed by atoms with Gasteiger partial charge in [-0.25, -0.2) is 13.4 Å². The van der Waals surface area contributed by atoms with Crippen LogP contribution in [0.15, 0.2) is 41.3 Å². The first-order chi connectivity index (χ1) is 15.0. The zero-order chi connectivity index (χ0) is 21.4. The van der Waals surface area contributed by atoms with E-state index in [9.17, 15) is 8.42 Å². The Labute approximate surface area is 184 Å². The molecule has 0 unspecified atom stereocenters. The molecular formula is C21H22N2O6S2. The van der Waals surface area contributed by atoms with Gasteiger partial charge in [-0.3, -0.25) is 0 Å². The van der Waals surface area contributed by atoms with Crippen molar-refractivity contribution in [2.24, 2.45) is 0 Å². The molecule has 164 valence electrons. The molecule has 31 heavy (non-hydrogen) atoms. The second-order valence-electron chi connectivity index (χ2n) is 7.34. The van der Waals surface area contributed by atoms with Gasteiger partial charge in [-0.2, -0.15) is 4.31 Å². The normalized spacial score (nSPS) is 17.6. The van der Waals surface area contributed by atoms with E-state index in [0.717, 1.165) is 16.0 Å². The third-order valence-corrected chi connectivity index (χ3v) is 8.22. The Morgan fingerprint density at radius 2 is 1.84 bits per heavy atom. The van der Waals surface area contributed by atoms with Crippen molar-refractivity contribution in [2.45, 2.75) is 23.8 Å². The Kier molecular flexibility index (Phi) is 5.37. The van der Waals surface area contributed by atoms with Crippen molar-refractivity contribution in [3.63, 3.8) is 0 Å². The first-order valence-corrected chi connectivity index (χ1v) is 12.3. The van der Waals surface area contributed by atoms with E-state index in [4.69, 9.17) is 18.9 Å². The number of nitrogens with zero attached hydrogens (tertiary/aromatic N) is 2. The average Bonchev–Trinajstić information content (AvgIpc) is 3.20. The lowest BCUT2D eigenvalue weighted by Gasteiger charge is -2.31. The Morgan fingerprint density at radius 1 is 1.06 bits per heavy atom. The van der Waals surface area contributed by atoms with Crippen molar-refractivity contribution in [2.75, 3.05) is 33.4 Å². The van der Waals surface area contributed by atoms with Gasteiger partial charge in [-0.15, -0.1) is 0 Å². The molecule has 2 aliphatic rings. The molecule has 1 aromatic heterocycles. The van der Waals surface area contributed by atoms with E-state index in [0.29, 0.717) is 55.8 Å². The highest BCUT2D eigenvalue weighted by Crippen LogP contribution is 2.35. The molecular weight excluding hydrogens is 440 g/mol. The van der Waals surface area contributed by atoms with Crippen LogP contribution in [0.5, 0.6) is 22.4 Å². The van der Waals surface area contributed by atoms with Crippen LogP contribution in [0.4, 0.5) is 0 Å². The highest BCUT2D eigenvalue weighted by Gasteiger charge is 2.31. The number of benzene rings is 2. The van der Waals surface area contributed by atoms with Crippen LogP contribution in [0, 0.1) is 0 Å². The Hall–Kier alpha value is -2.56. The largest absolute Gasteiger partial charge is 0.497 e. The first kappa shape index (κ1) is 20.3. The molecule has 10 heteroatoms. The van der Waals surface area contributed by atoms with E-state index in [1.807, 2.05) is 18.2 Å². The summed E-state index contributed by atoms with van der Waals surface area (Å²) < 4.78 is 51.0. The summed E-state index contributed by atoms with van der Waals surface area (Å²) in [7, 11) is -1.98. The number of rotatable bonds is 5. The highest BCUT2D eigenvalue weighted by atomic mass is 32.2. The zero-order valence-corrected chi connectivity index (χ0v) is 18.6. The molecule has 0 bridgehead atoms. The molecule has 0 amide bonds. The average molecular weight is 463 g/mol. The van der Waals surface area contributed by atoms with Gasteiger partial charge in [-0.1, -0.05) is 11.3 Å². The van der Waals surface area contributed by atoms with Crippen LogP contribution in [0.1, 0.15) is 12.8 Å². The minimum atomic E-state index is -3.60. The minimum absolute atomic E-state index is 0.0748. The maximum absolute atomic E-state index is 13.1. The number of fused-ring (bicyclic) bond motifs is 2. The Balaban J connectivity index is 1.24. The van der Waals surface area contributed by atoms with Crippen LogP contribution >= 0.6 is 11.3 Å². The van der Waals surface area contributed by atoms with E-state index in [1.165, 1.54) is 15.6 Å². The summed E-state index contributed by atoms with van der Waals surface area (Å²) in [6.45, 7) is 1.66. The predicted octanol–water partition coefficient (Wildman–Crippen LogP) is 3.31. The monoisotopic (exact) mass is 462 g/mol. The molecule has 8 nitrogen and oxygen atoms in total. The summed E-state index contributed by atoms with van der Waals surface area (Å²) in [6, 6.07) is 10.5. The molecule has 0 saturated carbocycles. The van der Waals surface area contributed by atoms with E-state index >= 15 is 0 Å². The molecule has 0 N–H and O–H groups in total. The summed E-state index contributed by atoms with van der Waals surface area (Å²) in [6.07, 6.45) is 1.13. The number of sulfonamides is 1. The maximum atomic E-state index is 13.1. The van der Waals surface area contributed by atoms with Crippen molar-refractivity contribution in [3.8, 4) is 22.4 Å². The molecule has 0 radical (unpaired) electrons. The highest BCUT2D eigenvalue weighted by molar-refractivity contribution is 7.89. The van der Waals surface area contributed by atoms with Crippen molar-refractivity contribution in [1.82, 2.24) is 9.29 Å². The molecule has 0 aliphatic carbocycles. The molecule has 5 rings (SSSR count). The van der Waals surface area contributed by atoms with Gasteiger partial charge in [0, 0.05) is 25.2 Å². The van der Waals surface area contributed by atoms with Crippen molar-refractivity contribution in [1.29, 1.82) is 0 Å². The summed E-state index contributed by atoms with van der Waals surface area (Å²) >= 11 is 1.48. The molecule has 1 fully saturated rings. The summed E-state index contributed by atoms with van der Waals surface area (Å²) in [5.41, 5.74) is 0.831. The van der Waals surface area contributed by atoms with Crippen molar-refractivity contribution < 1.29 is 27.4 Å². The van der Waals surface area contributed by atoms with Crippen molar-refractivity contribution >= 4 is 31.6 Å². The smallest absolute Gasteiger partial charge is 0.274 e. The van der Waals surface area contributed by atoms with Crippen LogP contribution in [-0.4, -0.2) is 57.2 Å². The lowest BCUT2D eigenvalue weighted by molar-refractivity contribution is 0.135. The lowest BCUT2D eigenvalue weighted by Crippen LogP contribution is -2.41. The van der Waals surface area contributed by atoms with Crippen LogP contribution in [0.25, 0.3) is 10.2 Å². The fourth-order valence-corrected chi connectivity index (χ4v) is 6.08. The number of ether oxygens (including phenoxy) is 4. The molecule has 1 saturated heterocycles. The van der Waals surface area contributed by atoms with Crippen LogP contribution in [0.3, 0.4) is 0 Å². The molecule has 2 aliphatic heterocycles. The fraction of sp³-hybridized carbons (Fsp3) is 0.381. The Bertz CT molecular complexity index is 1200. The van der Waals surface area contributed by atoms with E-state index in [1.54, 1.807) is 25.3 Å². The first-order valence-electron chi connectivity index (χ1n) is 10.0. The third kappa shape index (κ3) is 4.02. The number of hydrogen-bond donors (Lipinski definition) is 0. The lowest BCUT2D eigenvalue weighted by atomic mass is 10.1. The molecule has 0 spiro atoms. The van der Waals surface area contributed by atoms with E-state index in [-0.39, 0.29) is 11.0 Å². The third-order valence-electron chi connectivity index (χ3n) is 5.39. The second kappa shape index (κ2) is 8.18. The van der Waals surface area contributed by atoms with Gasteiger partial charge >= 0.3 is 0 Å². The summed E-state index contributed by atoms with van der Waals surface area (Å²) in [5.74, 6) is 1.80. The fourth-order valence-electron chi connectivity index (χ4n) is 3.73. The van der Waals surface area contributed by atoms with Gasteiger partial charge in [0.05, 0.1) is 22.2 Å². The molecule has 3 heterocycles. The SMILES string of the molecule is COc1ccc2sc(OC3CCN(S(=O)(=O)c4ccc5c(c4)OCCO5)CC3)nc2c1. The quantitative estimate of drug-likeness (QED) is 0.575. The van der Waals surface area contributed by atoms with Crippen LogP contribution in [-0.2, 0) is 10.0 Å².